The van der Waals surface area contributed by atoms with Gasteiger partial charge in [0.25, 0.3) is 0 Å². The molecule has 1 heterocycles. The van der Waals surface area contributed by atoms with Gasteiger partial charge in [-0.25, -0.2) is 0 Å². The van der Waals surface area contributed by atoms with E-state index in [9.17, 15) is 0 Å². The molecule has 198 valence electrons. The Morgan fingerprint density at radius 1 is 0.821 bits per heavy atom. The van der Waals surface area contributed by atoms with E-state index in [0.717, 1.165) is 6.42 Å². The normalized spacial score (nSPS) is 17.2. The van der Waals surface area contributed by atoms with Crippen molar-refractivity contribution in [3.8, 4) is 22.3 Å². The molecule has 2 unspecified atom stereocenters. The minimum absolute atomic E-state index is 0.113. The van der Waals surface area contributed by atoms with Crippen LogP contribution < -0.4 is 13.6 Å². The number of halogens is 2. The molecule has 0 saturated carbocycles. The van der Waals surface area contributed by atoms with Crippen molar-refractivity contribution in [2.75, 3.05) is 0 Å². The van der Waals surface area contributed by atoms with Crippen LogP contribution in [-0.2, 0) is 17.9 Å². The van der Waals surface area contributed by atoms with Gasteiger partial charge in [-0.15, -0.1) is 0 Å². The second-order valence-corrected chi connectivity index (χ2v) is 27.5. The van der Waals surface area contributed by atoms with Crippen LogP contribution in [0.25, 0.3) is 28.3 Å². The Bertz CT molecular complexity index is 1620. The van der Waals surface area contributed by atoms with Crippen LogP contribution in [0.4, 0.5) is 0 Å². The van der Waals surface area contributed by atoms with E-state index in [-0.39, 0.29) is 3.63 Å². The number of hydrogen-bond acceptors (Lipinski definition) is 0. The average molecular weight is 647 g/mol. The van der Waals surface area contributed by atoms with Crippen LogP contribution in [-0.4, -0.2) is 9.52 Å². The summed E-state index contributed by atoms with van der Waals surface area (Å²) in [6.07, 6.45) is 3.56. The Labute approximate surface area is 247 Å². The SMILES string of the molecule is CCC(C)C1=Cc2c(ccc(C)c2-c2ccccc2C(C)C)[CH]1[Zr]([Cl])([Cl])[c]1cccc2c1[SiH2]c1ccccc1-2. The van der Waals surface area contributed by atoms with Crippen molar-refractivity contribution in [1.29, 1.82) is 0 Å². The molecule has 0 bridgehead atoms. The zero-order valence-corrected chi connectivity index (χ0v) is 28.9. The molecule has 1 aliphatic carbocycles. The molecule has 1 aliphatic heterocycles. The second-order valence-electron chi connectivity index (χ2n) is 11.7. The molecule has 4 aromatic rings. The average Bonchev–Trinajstić information content (AvgIpc) is 3.51. The number of allylic oxidation sites excluding steroid dienone is 1. The zero-order valence-electron chi connectivity index (χ0n) is 23.5. The Kier molecular flexibility index (Phi) is 7.47. The fourth-order valence-corrected chi connectivity index (χ4v) is 23.8. The van der Waals surface area contributed by atoms with E-state index in [4.69, 9.17) is 17.0 Å². The first kappa shape index (κ1) is 27.5. The Balaban J connectivity index is 1.56. The summed E-state index contributed by atoms with van der Waals surface area (Å²) in [5.41, 5.74) is 12.3. The summed E-state index contributed by atoms with van der Waals surface area (Å²) < 4.78 is 1.42. The fourth-order valence-electron chi connectivity index (χ4n) is 6.86. The first-order valence-corrected chi connectivity index (χ1v) is 24.7. The number of hydrogen-bond donors (Lipinski definition) is 0. The number of fused-ring (bicyclic) bond motifs is 4. The fraction of sp³-hybridized carbons (Fsp3) is 0.257. The van der Waals surface area contributed by atoms with E-state index in [1.54, 1.807) is 0 Å². The molecule has 4 aromatic carbocycles. The van der Waals surface area contributed by atoms with Gasteiger partial charge in [-0.2, -0.15) is 0 Å². The summed E-state index contributed by atoms with van der Waals surface area (Å²) in [6, 6.07) is 29.2. The first-order valence-electron chi connectivity index (χ1n) is 14.3. The summed E-state index contributed by atoms with van der Waals surface area (Å²) in [7, 11) is 15.2. The van der Waals surface area contributed by atoms with Gasteiger partial charge in [0, 0.05) is 0 Å². The summed E-state index contributed by atoms with van der Waals surface area (Å²) in [5.74, 6) is 0.875. The van der Waals surface area contributed by atoms with Gasteiger partial charge in [0.1, 0.15) is 0 Å². The third-order valence-corrected chi connectivity index (χ3v) is 23.3. The Morgan fingerprint density at radius 2 is 1.51 bits per heavy atom. The Hall–Kier alpha value is -1.70. The van der Waals surface area contributed by atoms with Gasteiger partial charge in [0.15, 0.2) is 0 Å². The van der Waals surface area contributed by atoms with Crippen molar-refractivity contribution in [2.45, 2.75) is 50.6 Å². The van der Waals surface area contributed by atoms with Crippen LogP contribution in [0.15, 0.2) is 84.4 Å². The summed E-state index contributed by atoms with van der Waals surface area (Å²) in [6.45, 7) is 11.5. The molecule has 2 aliphatic rings. The Morgan fingerprint density at radius 3 is 2.26 bits per heavy atom. The van der Waals surface area contributed by atoms with E-state index in [1.165, 1.54) is 63.7 Å². The standard InChI is InChI=1S/C23H27.C12H9Si.2ClH.Zr/c1-6-16(4)19-13-18-12-11-17(5)23(22(18)14-19)21-10-8-7-9-20(21)15(2)3;1-3-7-11-9(5-1)10-6-2-4-8-12(10)13-11;;;/h7-16H,6H2,1-5H3;1-7H,13H2;2*1H;/q;;;;+2/p-2. The van der Waals surface area contributed by atoms with E-state index < -0.39 is 27.4 Å². The molecule has 2 atom stereocenters. The third-order valence-electron chi connectivity index (χ3n) is 9.05. The van der Waals surface area contributed by atoms with Crippen LogP contribution >= 0.6 is 17.0 Å². The molecule has 0 spiro atoms. The maximum absolute atomic E-state index is 7.89. The molecular formula is C35H36Cl2SiZr. The predicted molar refractivity (Wildman–Crippen MR) is 172 cm³/mol. The molecule has 39 heavy (non-hydrogen) atoms. The summed E-state index contributed by atoms with van der Waals surface area (Å²) in [4.78, 5) is 0. The molecule has 0 fully saturated rings. The van der Waals surface area contributed by atoms with Crippen LogP contribution in [0.1, 0.15) is 65.9 Å². The van der Waals surface area contributed by atoms with Crippen molar-refractivity contribution < 1.29 is 17.9 Å². The molecule has 0 aromatic heterocycles. The minimum atomic E-state index is -3.99. The van der Waals surface area contributed by atoms with E-state index in [2.05, 4.69) is 120 Å². The van der Waals surface area contributed by atoms with Crippen molar-refractivity contribution in [3.63, 3.8) is 0 Å². The van der Waals surface area contributed by atoms with Crippen LogP contribution in [0, 0.1) is 12.8 Å². The van der Waals surface area contributed by atoms with Crippen molar-refractivity contribution in [1.82, 2.24) is 0 Å². The molecule has 0 nitrogen and oxygen atoms in total. The zero-order chi connectivity index (χ0) is 27.5. The van der Waals surface area contributed by atoms with Gasteiger partial charge in [-0.3, -0.25) is 0 Å². The molecule has 6 rings (SSSR count). The van der Waals surface area contributed by atoms with Gasteiger partial charge < -0.3 is 0 Å². The van der Waals surface area contributed by atoms with Gasteiger partial charge in [-0.05, 0) is 0 Å². The van der Waals surface area contributed by atoms with Crippen LogP contribution in [0.2, 0.25) is 0 Å². The monoisotopic (exact) mass is 644 g/mol. The number of rotatable bonds is 6. The van der Waals surface area contributed by atoms with Crippen molar-refractivity contribution >= 4 is 46.3 Å². The molecule has 0 radical (unpaired) electrons. The molecule has 4 heteroatoms. The molecule has 0 N–H and O–H groups in total. The van der Waals surface area contributed by atoms with Gasteiger partial charge in [0.05, 0.1) is 0 Å². The predicted octanol–water partition coefficient (Wildman–Crippen LogP) is 8.16. The number of aryl methyl sites for hydroxylation is 1. The molecule has 0 saturated heterocycles. The van der Waals surface area contributed by atoms with Crippen LogP contribution in [0.5, 0.6) is 0 Å². The van der Waals surface area contributed by atoms with Crippen molar-refractivity contribution in [2.24, 2.45) is 5.92 Å². The molecule has 0 amide bonds. The van der Waals surface area contributed by atoms with Crippen molar-refractivity contribution in [3.05, 3.63) is 107 Å². The number of benzene rings is 4. The van der Waals surface area contributed by atoms with E-state index in [0.29, 0.717) is 11.8 Å². The van der Waals surface area contributed by atoms with Gasteiger partial charge in [-0.1, -0.05) is 0 Å². The third kappa shape index (κ3) is 4.51. The maximum atomic E-state index is 7.89. The van der Waals surface area contributed by atoms with Gasteiger partial charge in [0.2, 0.25) is 0 Å². The summed E-state index contributed by atoms with van der Waals surface area (Å²) >= 11 is -3.99. The topological polar surface area (TPSA) is 0 Å². The van der Waals surface area contributed by atoms with E-state index >= 15 is 0 Å². The van der Waals surface area contributed by atoms with Gasteiger partial charge >= 0.3 is 250 Å². The first-order chi connectivity index (χ1) is 18.7. The second kappa shape index (κ2) is 10.6. The van der Waals surface area contributed by atoms with Crippen LogP contribution in [0.3, 0.4) is 0 Å². The molecular weight excluding hydrogens is 611 g/mol. The summed E-state index contributed by atoms with van der Waals surface area (Å²) in [5, 5.41) is 3.01. The van der Waals surface area contributed by atoms with E-state index in [1.807, 2.05) is 0 Å². The quantitative estimate of drug-likeness (QED) is 0.163.